The summed E-state index contributed by atoms with van der Waals surface area (Å²) in [5.74, 6) is 0.897. The molecule has 1 aromatic carbocycles. The lowest BCUT2D eigenvalue weighted by Gasteiger charge is -2.38. The minimum Gasteiger partial charge on any atom is -0.369 e. The van der Waals surface area contributed by atoms with Crippen LogP contribution in [0.1, 0.15) is 24.5 Å². The van der Waals surface area contributed by atoms with E-state index in [1.54, 1.807) is 11.3 Å². The number of rotatable bonds is 8. The standard InChI is InChI=1S/C22H34N6S.HI/c1-4-23-22(24-11-10-20-17-29-19(3)26-20)25-16-18(2)27-12-14-28(15-13-27)21-8-6-5-7-9-21;/h5-9,17-18H,4,10-16H2,1-3H3,(H2,23,24,25);1H. The normalized spacial score (nSPS) is 16.1. The van der Waals surface area contributed by atoms with Crippen LogP contribution in [-0.4, -0.2) is 67.7 Å². The third-order valence-electron chi connectivity index (χ3n) is 5.26. The van der Waals surface area contributed by atoms with Gasteiger partial charge in [0.1, 0.15) is 0 Å². The monoisotopic (exact) mass is 542 g/mol. The van der Waals surface area contributed by atoms with E-state index in [1.165, 1.54) is 5.69 Å². The number of halogens is 1. The number of anilines is 1. The molecule has 1 unspecified atom stereocenters. The van der Waals surface area contributed by atoms with Gasteiger partial charge < -0.3 is 15.5 Å². The van der Waals surface area contributed by atoms with Crippen LogP contribution >= 0.6 is 35.3 Å². The van der Waals surface area contributed by atoms with Crippen LogP contribution in [0.3, 0.4) is 0 Å². The van der Waals surface area contributed by atoms with Crippen molar-refractivity contribution >= 4 is 47.0 Å². The van der Waals surface area contributed by atoms with E-state index in [0.29, 0.717) is 6.04 Å². The number of aromatic nitrogens is 1. The first-order valence-corrected chi connectivity index (χ1v) is 11.5. The lowest BCUT2D eigenvalue weighted by molar-refractivity contribution is 0.201. The van der Waals surface area contributed by atoms with Crippen molar-refractivity contribution in [1.29, 1.82) is 0 Å². The molecule has 30 heavy (non-hydrogen) atoms. The summed E-state index contributed by atoms with van der Waals surface area (Å²) in [4.78, 5) is 14.4. The number of thiazole rings is 1. The quantitative estimate of drug-likeness (QED) is 0.305. The van der Waals surface area contributed by atoms with Crippen LogP contribution in [0.15, 0.2) is 40.7 Å². The number of aliphatic imine (C=N–C) groups is 1. The minimum absolute atomic E-state index is 0. The highest BCUT2D eigenvalue weighted by atomic mass is 127. The predicted molar refractivity (Wildman–Crippen MR) is 140 cm³/mol. The van der Waals surface area contributed by atoms with Crippen molar-refractivity contribution in [2.45, 2.75) is 33.2 Å². The molecule has 0 amide bonds. The first-order chi connectivity index (χ1) is 14.2. The van der Waals surface area contributed by atoms with E-state index < -0.39 is 0 Å². The maximum atomic E-state index is 4.82. The fourth-order valence-electron chi connectivity index (χ4n) is 3.57. The molecule has 1 aliphatic heterocycles. The molecule has 8 heteroatoms. The summed E-state index contributed by atoms with van der Waals surface area (Å²) in [6, 6.07) is 11.1. The number of nitrogens with zero attached hydrogens (tertiary/aromatic N) is 4. The Balaban J connectivity index is 0.00000320. The summed E-state index contributed by atoms with van der Waals surface area (Å²) in [5, 5.41) is 10.1. The van der Waals surface area contributed by atoms with Gasteiger partial charge >= 0.3 is 0 Å². The molecule has 0 aliphatic carbocycles. The molecule has 3 rings (SSSR count). The van der Waals surface area contributed by atoms with Crippen molar-refractivity contribution in [1.82, 2.24) is 20.5 Å². The van der Waals surface area contributed by atoms with E-state index in [1.807, 2.05) is 6.92 Å². The van der Waals surface area contributed by atoms with Crippen molar-refractivity contribution < 1.29 is 0 Å². The molecule has 0 saturated carbocycles. The van der Waals surface area contributed by atoms with E-state index in [0.717, 1.165) is 68.9 Å². The van der Waals surface area contributed by atoms with Gasteiger partial charge in [-0.1, -0.05) is 18.2 Å². The number of aryl methyl sites for hydroxylation is 1. The molecule has 1 atom stereocenters. The number of hydrogen-bond donors (Lipinski definition) is 2. The Morgan fingerprint density at radius 3 is 2.53 bits per heavy atom. The van der Waals surface area contributed by atoms with E-state index in [2.05, 4.69) is 75.0 Å². The molecule has 2 heterocycles. The second kappa shape index (κ2) is 13.1. The Kier molecular flexibility index (Phi) is 10.9. The predicted octanol–water partition coefficient (Wildman–Crippen LogP) is 3.38. The van der Waals surface area contributed by atoms with Crippen LogP contribution in [0, 0.1) is 6.92 Å². The molecule has 1 aliphatic rings. The SMILES string of the molecule is CCNC(=NCC(C)N1CCN(c2ccccc2)CC1)NCCc1csc(C)n1.I. The van der Waals surface area contributed by atoms with Gasteiger partial charge in [0.05, 0.1) is 17.2 Å². The lowest BCUT2D eigenvalue weighted by atomic mass is 10.2. The summed E-state index contributed by atoms with van der Waals surface area (Å²) in [5.41, 5.74) is 2.48. The molecule has 0 bridgehead atoms. The smallest absolute Gasteiger partial charge is 0.191 e. The third kappa shape index (κ3) is 7.70. The van der Waals surface area contributed by atoms with Gasteiger partial charge in [-0.25, -0.2) is 4.98 Å². The van der Waals surface area contributed by atoms with E-state index in [4.69, 9.17) is 4.99 Å². The average Bonchev–Trinajstić information content (AvgIpc) is 3.17. The molecule has 0 radical (unpaired) electrons. The summed E-state index contributed by atoms with van der Waals surface area (Å²) in [6.07, 6.45) is 0.922. The van der Waals surface area contributed by atoms with Crippen molar-refractivity contribution in [3.63, 3.8) is 0 Å². The summed E-state index contributed by atoms with van der Waals surface area (Å²) in [7, 11) is 0. The molecule has 2 aromatic rings. The van der Waals surface area contributed by atoms with Gasteiger partial charge in [-0.3, -0.25) is 9.89 Å². The van der Waals surface area contributed by atoms with Gasteiger partial charge in [0, 0.05) is 62.8 Å². The zero-order valence-electron chi connectivity index (χ0n) is 18.3. The minimum atomic E-state index is 0. The molecule has 1 aromatic heterocycles. The van der Waals surface area contributed by atoms with Crippen LogP contribution in [0.25, 0.3) is 0 Å². The zero-order valence-corrected chi connectivity index (χ0v) is 21.5. The molecule has 166 valence electrons. The van der Waals surface area contributed by atoms with Gasteiger partial charge in [0.25, 0.3) is 0 Å². The molecule has 2 N–H and O–H groups in total. The molecule has 1 fully saturated rings. The Morgan fingerprint density at radius 1 is 1.17 bits per heavy atom. The molecule has 1 saturated heterocycles. The number of benzene rings is 1. The highest BCUT2D eigenvalue weighted by molar-refractivity contribution is 14.0. The maximum absolute atomic E-state index is 4.82. The average molecular weight is 543 g/mol. The zero-order chi connectivity index (χ0) is 20.5. The van der Waals surface area contributed by atoms with Gasteiger partial charge in [0.2, 0.25) is 0 Å². The summed E-state index contributed by atoms with van der Waals surface area (Å²) < 4.78 is 0. The van der Waals surface area contributed by atoms with E-state index in [9.17, 15) is 0 Å². The van der Waals surface area contributed by atoms with E-state index >= 15 is 0 Å². The number of nitrogens with one attached hydrogen (secondary N) is 2. The van der Waals surface area contributed by atoms with Crippen LogP contribution in [0.2, 0.25) is 0 Å². The topological polar surface area (TPSA) is 55.8 Å². The molecular formula is C22H35IN6S. The van der Waals surface area contributed by atoms with Gasteiger partial charge in [0.15, 0.2) is 5.96 Å². The Bertz CT molecular complexity index is 758. The Labute approximate surface area is 202 Å². The van der Waals surface area contributed by atoms with Gasteiger partial charge in [-0.2, -0.15) is 0 Å². The van der Waals surface area contributed by atoms with Crippen molar-refractivity contribution in [3.8, 4) is 0 Å². The molecule has 0 spiro atoms. The first kappa shape index (κ1) is 24.9. The number of para-hydroxylation sites is 1. The van der Waals surface area contributed by atoms with Gasteiger partial charge in [-0.15, -0.1) is 35.3 Å². The van der Waals surface area contributed by atoms with Gasteiger partial charge in [-0.05, 0) is 32.9 Å². The number of guanidine groups is 1. The Hall–Kier alpha value is -1.39. The van der Waals surface area contributed by atoms with Crippen molar-refractivity contribution in [2.75, 3.05) is 50.7 Å². The molecule has 6 nitrogen and oxygen atoms in total. The van der Waals surface area contributed by atoms with Crippen LogP contribution in [0.5, 0.6) is 0 Å². The fourth-order valence-corrected chi connectivity index (χ4v) is 4.22. The third-order valence-corrected chi connectivity index (χ3v) is 6.08. The van der Waals surface area contributed by atoms with Crippen molar-refractivity contribution in [2.24, 2.45) is 4.99 Å². The Morgan fingerprint density at radius 2 is 1.90 bits per heavy atom. The lowest BCUT2D eigenvalue weighted by Crippen LogP contribution is -2.50. The summed E-state index contributed by atoms with van der Waals surface area (Å²) >= 11 is 1.71. The number of hydrogen-bond acceptors (Lipinski definition) is 5. The summed E-state index contributed by atoms with van der Waals surface area (Å²) in [6.45, 7) is 13.3. The van der Waals surface area contributed by atoms with Crippen molar-refractivity contribution in [3.05, 3.63) is 46.4 Å². The molecular weight excluding hydrogens is 507 g/mol. The van der Waals surface area contributed by atoms with E-state index in [-0.39, 0.29) is 24.0 Å². The second-order valence-electron chi connectivity index (χ2n) is 7.46. The fraction of sp³-hybridized carbons (Fsp3) is 0.545. The van der Waals surface area contributed by atoms with Crippen LogP contribution in [-0.2, 0) is 6.42 Å². The van der Waals surface area contributed by atoms with Crippen LogP contribution < -0.4 is 15.5 Å². The maximum Gasteiger partial charge on any atom is 0.191 e. The highest BCUT2D eigenvalue weighted by Crippen LogP contribution is 2.16. The first-order valence-electron chi connectivity index (χ1n) is 10.6. The highest BCUT2D eigenvalue weighted by Gasteiger charge is 2.21. The second-order valence-corrected chi connectivity index (χ2v) is 8.52. The largest absolute Gasteiger partial charge is 0.369 e. The van der Waals surface area contributed by atoms with Crippen LogP contribution in [0.4, 0.5) is 5.69 Å². The number of piperazine rings is 1.